The molecule has 0 aliphatic rings. The van der Waals surface area contributed by atoms with E-state index in [4.69, 9.17) is 10.5 Å². The van der Waals surface area contributed by atoms with Crippen LogP contribution in [0.4, 0.5) is 5.69 Å². The fourth-order valence-electron chi connectivity index (χ4n) is 1.32. The van der Waals surface area contributed by atoms with Gasteiger partial charge in [-0.2, -0.15) is 0 Å². The number of nitrogen functional groups attached to an aromatic ring is 1. The lowest BCUT2D eigenvalue weighted by molar-refractivity contribution is 0.0526. The molecule has 1 aromatic carbocycles. The Bertz CT molecular complexity index is 541. The molecule has 0 saturated carbocycles. The first kappa shape index (κ1) is 12.9. The predicted molar refractivity (Wildman–Crippen MR) is 73.0 cm³/mol. The molecule has 0 bridgehead atoms. The van der Waals surface area contributed by atoms with Crippen molar-refractivity contribution in [2.75, 3.05) is 12.3 Å². The van der Waals surface area contributed by atoms with Crippen LogP contribution in [0.15, 0.2) is 39.0 Å². The summed E-state index contributed by atoms with van der Waals surface area (Å²) in [5.74, 6) is -0.335. The van der Waals surface area contributed by atoms with E-state index in [2.05, 4.69) is 4.98 Å². The summed E-state index contributed by atoms with van der Waals surface area (Å²) in [6.45, 7) is 2.14. The SMILES string of the molecule is CCOC(=O)c1ccc(N)c(Sc2nccs2)c1. The normalized spacial score (nSPS) is 10.3. The molecule has 0 saturated heterocycles. The number of nitrogens with two attached hydrogens (primary N) is 1. The molecule has 1 aromatic heterocycles. The Labute approximate surface area is 113 Å². The van der Waals surface area contributed by atoms with E-state index in [0.29, 0.717) is 17.9 Å². The molecule has 94 valence electrons. The molecule has 2 aromatic rings. The largest absolute Gasteiger partial charge is 0.462 e. The third-order valence-corrected chi connectivity index (χ3v) is 4.09. The molecule has 0 radical (unpaired) electrons. The van der Waals surface area contributed by atoms with Crippen LogP contribution in [-0.2, 0) is 4.74 Å². The van der Waals surface area contributed by atoms with Gasteiger partial charge in [-0.3, -0.25) is 0 Å². The Morgan fingerprint density at radius 2 is 2.39 bits per heavy atom. The van der Waals surface area contributed by atoms with Crippen molar-refractivity contribution in [2.24, 2.45) is 0 Å². The zero-order valence-electron chi connectivity index (χ0n) is 9.75. The van der Waals surface area contributed by atoms with Gasteiger partial charge in [0, 0.05) is 22.2 Å². The maximum Gasteiger partial charge on any atom is 0.338 e. The minimum absolute atomic E-state index is 0.335. The van der Waals surface area contributed by atoms with Crippen LogP contribution < -0.4 is 5.73 Å². The van der Waals surface area contributed by atoms with Crippen LogP contribution in [0.3, 0.4) is 0 Å². The van der Waals surface area contributed by atoms with Crippen molar-refractivity contribution in [3.63, 3.8) is 0 Å². The summed E-state index contributed by atoms with van der Waals surface area (Å²) in [5.41, 5.74) is 7.02. The van der Waals surface area contributed by atoms with E-state index in [-0.39, 0.29) is 5.97 Å². The summed E-state index contributed by atoms with van der Waals surface area (Å²) in [4.78, 5) is 16.6. The number of thiazole rings is 1. The van der Waals surface area contributed by atoms with Crippen LogP contribution in [-0.4, -0.2) is 17.6 Å². The molecule has 0 unspecified atom stereocenters. The van der Waals surface area contributed by atoms with Crippen LogP contribution in [0.2, 0.25) is 0 Å². The highest BCUT2D eigenvalue weighted by molar-refractivity contribution is 8.01. The van der Waals surface area contributed by atoms with Crippen LogP contribution in [0.1, 0.15) is 17.3 Å². The number of carbonyl (C=O) groups excluding carboxylic acids is 1. The van der Waals surface area contributed by atoms with Crippen molar-refractivity contribution < 1.29 is 9.53 Å². The monoisotopic (exact) mass is 280 g/mol. The minimum atomic E-state index is -0.335. The second-order valence-electron chi connectivity index (χ2n) is 3.37. The molecule has 2 rings (SSSR count). The van der Waals surface area contributed by atoms with Crippen LogP contribution in [0.5, 0.6) is 0 Å². The van der Waals surface area contributed by atoms with Crippen LogP contribution in [0.25, 0.3) is 0 Å². The van der Waals surface area contributed by atoms with Crippen molar-refractivity contribution in [1.82, 2.24) is 4.98 Å². The van der Waals surface area contributed by atoms with Crippen molar-refractivity contribution in [3.05, 3.63) is 35.3 Å². The fourth-order valence-corrected chi connectivity index (χ4v) is 2.98. The van der Waals surface area contributed by atoms with Gasteiger partial charge in [-0.05, 0) is 25.1 Å². The van der Waals surface area contributed by atoms with Gasteiger partial charge in [-0.1, -0.05) is 11.8 Å². The van der Waals surface area contributed by atoms with Gasteiger partial charge < -0.3 is 10.5 Å². The highest BCUT2D eigenvalue weighted by Crippen LogP contribution is 2.33. The Morgan fingerprint density at radius 1 is 1.56 bits per heavy atom. The van der Waals surface area contributed by atoms with Gasteiger partial charge in [0.2, 0.25) is 0 Å². The summed E-state index contributed by atoms with van der Waals surface area (Å²) in [6, 6.07) is 5.11. The number of ether oxygens (including phenoxy) is 1. The second-order valence-corrected chi connectivity index (χ2v) is 5.56. The maximum atomic E-state index is 11.6. The summed E-state index contributed by atoms with van der Waals surface area (Å²) >= 11 is 2.98. The number of aromatic nitrogens is 1. The first-order valence-electron chi connectivity index (χ1n) is 5.34. The zero-order chi connectivity index (χ0) is 13.0. The van der Waals surface area contributed by atoms with E-state index < -0.39 is 0 Å². The standard InChI is InChI=1S/C12H12N2O2S2/c1-2-16-11(15)8-3-4-9(13)10(7-8)18-12-14-5-6-17-12/h3-7H,2,13H2,1H3. The average molecular weight is 280 g/mol. The van der Waals surface area contributed by atoms with Crippen LogP contribution >= 0.6 is 23.1 Å². The van der Waals surface area contributed by atoms with Crippen molar-refractivity contribution >= 4 is 34.8 Å². The van der Waals surface area contributed by atoms with E-state index in [1.54, 1.807) is 31.3 Å². The number of hydrogen-bond donors (Lipinski definition) is 1. The van der Waals surface area contributed by atoms with E-state index in [0.717, 1.165) is 9.24 Å². The summed E-state index contributed by atoms with van der Waals surface area (Å²) in [6.07, 6.45) is 1.73. The van der Waals surface area contributed by atoms with Gasteiger partial charge in [0.05, 0.1) is 12.2 Å². The summed E-state index contributed by atoms with van der Waals surface area (Å²) < 4.78 is 5.85. The lowest BCUT2D eigenvalue weighted by atomic mass is 10.2. The van der Waals surface area contributed by atoms with E-state index >= 15 is 0 Å². The number of esters is 1. The number of benzene rings is 1. The molecule has 1 heterocycles. The predicted octanol–water partition coefficient (Wildman–Crippen LogP) is 3.05. The molecule has 0 spiro atoms. The first-order valence-corrected chi connectivity index (χ1v) is 7.04. The molecule has 0 fully saturated rings. The third kappa shape index (κ3) is 3.02. The van der Waals surface area contributed by atoms with Gasteiger partial charge >= 0.3 is 5.97 Å². The van der Waals surface area contributed by atoms with Crippen molar-refractivity contribution in [2.45, 2.75) is 16.2 Å². The molecule has 0 atom stereocenters. The molecule has 2 N–H and O–H groups in total. The van der Waals surface area contributed by atoms with Gasteiger partial charge in [-0.15, -0.1) is 11.3 Å². The highest BCUT2D eigenvalue weighted by Gasteiger charge is 2.11. The number of rotatable bonds is 4. The summed E-state index contributed by atoms with van der Waals surface area (Å²) in [7, 11) is 0. The molecule has 0 amide bonds. The molecular weight excluding hydrogens is 268 g/mol. The Morgan fingerprint density at radius 3 is 3.06 bits per heavy atom. The van der Waals surface area contributed by atoms with Gasteiger partial charge in [0.15, 0.2) is 4.34 Å². The maximum absolute atomic E-state index is 11.6. The molecule has 4 nitrogen and oxygen atoms in total. The minimum Gasteiger partial charge on any atom is -0.462 e. The van der Waals surface area contributed by atoms with Gasteiger partial charge in [0.1, 0.15) is 0 Å². The molecule has 18 heavy (non-hydrogen) atoms. The van der Waals surface area contributed by atoms with E-state index in [9.17, 15) is 4.79 Å². The lowest BCUT2D eigenvalue weighted by Crippen LogP contribution is -2.05. The smallest absolute Gasteiger partial charge is 0.338 e. The molecule has 0 aliphatic carbocycles. The molecular formula is C12H12N2O2S2. The molecule has 6 heteroatoms. The Hall–Kier alpha value is -1.53. The average Bonchev–Trinajstić information content (AvgIpc) is 2.85. The summed E-state index contributed by atoms with van der Waals surface area (Å²) in [5, 5.41) is 1.90. The topological polar surface area (TPSA) is 65.2 Å². The van der Waals surface area contributed by atoms with Gasteiger partial charge in [0.25, 0.3) is 0 Å². The van der Waals surface area contributed by atoms with E-state index in [1.165, 1.54) is 23.1 Å². The fraction of sp³-hybridized carbons (Fsp3) is 0.167. The Kier molecular flexibility index (Phi) is 4.22. The van der Waals surface area contributed by atoms with Gasteiger partial charge in [-0.25, -0.2) is 9.78 Å². The van der Waals surface area contributed by atoms with Crippen LogP contribution in [0, 0.1) is 0 Å². The number of hydrogen-bond acceptors (Lipinski definition) is 6. The van der Waals surface area contributed by atoms with E-state index in [1.807, 2.05) is 5.38 Å². The number of carbonyl (C=O) groups is 1. The van der Waals surface area contributed by atoms with Crippen molar-refractivity contribution in [1.29, 1.82) is 0 Å². The second kappa shape index (κ2) is 5.88. The quantitative estimate of drug-likeness (QED) is 0.688. The molecule has 0 aliphatic heterocycles. The van der Waals surface area contributed by atoms with Crippen molar-refractivity contribution in [3.8, 4) is 0 Å². The highest BCUT2D eigenvalue weighted by atomic mass is 32.2. The first-order chi connectivity index (χ1) is 8.70. The number of anilines is 1. The zero-order valence-corrected chi connectivity index (χ0v) is 11.4. The third-order valence-electron chi connectivity index (χ3n) is 2.13. The Balaban J connectivity index is 2.24. The number of nitrogens with zero attached hydrogens (tertiary/aromatic N) is 1. The lowest BCUT2D eigenvalue weighted by Gasteiger charge is -2.06.